The molecule has 0 unspecified atom stereocenters. The summed E-state index contributed by atoms with van der Waals surface area (Å²) in [6, 6.07) is 121. The SMILES string of the molecule is Cc1cc(C)cc(-c2c3ccccc3c(-c3ccc4c(c3)-c3ccccc3C4(C)C)c3cc(C)ccc23)c1.Cc1ccc(-c2c3ccccc3c(-c3ccc4c(c3)-c3ccccc3C4(C)C)c3cc(C)ccc23)cc1.Cc1ccc2c(-c3ccc(C(C)(C)C)cc3)c3ccccc3c(-c3ccc4c(c3)-c3ccccc3C4(C)C)c2c1. The highest BCUT2D eigenvalue weighted by atomic mass is 14.4. The van der Waals surface area contributed by atoms with Crippen molar-refractivity contribution in [2.75, 3.05) is 0 Å². The molecular formula is C115H98. The predicted octanol–water partition coefficient (Wildman–Crippen LogP) is 32.0. The van der Waals surface area contributed by atoms with Crippen LogP contribution in [0.1, 0.15) is 135 Å². The third kappa shape index (κ3) is 12.0. The molecule has 0 saturated carbocycles. The van der Waals surface area contributed by atoms with Crippen LogP contribution >= 0.6 is 0 Å². The zero-order chi connectivity index (χ0) is 79.3. The second-order valence-electron chi connectivity index (χ2n) is 35.9. The van der Waals surface area contributed by atoms with Crippen LogP contribution < -0.4 is 0 Å². The van der Waals surface area contributed by atoms with E-state index >= 15 is 0 Å². The van der Waals surface area contributed by atoms with E-state index in [-0.39, 0.29) is 21.7 Å². The maximum absolute atomic E-state index is 2.45. The van der Waals surface area contributed by atoms with Crippen molar-refractivity contribution in [1.29, 1.82) is 0 Å². The Morgan fingerprint density at radius 2 is 0.417 bits per heavy atom. The van der Waals surface area contributed by atoms with Crippen LogP contribution in [-0.2, 0) is 21.7 Å². The summed E-state index contributed by atoms with van der Waals surface area (Å²) in [5, 5.41) is 15.7. The molecule has 0 radical (unpaired) electrons. The first-order valence-electron chi connectivity index (χ1n) is 41.3. The number of rotatable bonds is 6. The van der Waals surface area contributed by atoms with Gasteiger partial charge in [0.1, 0.15) is 0 Å². The molecule has 0 N–H and O–H groups in total. The smallest absolute Gasteiger partial charge is 0.0158 e. The molecule has 0 heterocycles. The summed E-state index contributed by atoms with van der Waals surface area (Å²) in [7, 11) is 0. The van der Waals surface area contributed by atoms with Gasteiger partial charge in [0.05, 0.1) is 0 Å². The van der Waals surface area contributed by atoms with Gasteiger partial charge in [0.15, 0.2) is 0 Å². The topological polar surface area (TPSA) is 0 Å². The summed E-state index contributed by atoms with van der Waals surface area (Å²) >= 11 is 0. The van der Waals surface area contributed by atoms with E-state index in [9.17, 15) is 0 Å². The molecule has 3 aliphatic rings. The van der Waals surface area contributed by atoms with E-state index < -0.39 is 0 Å². The van der Waals surface area contributed by atoms with Crippen molar-refractivity contribution in [3.63, 3.8) is 0 Å². The molecule has 0 bridgehead atoms. The molecular weight excluding hydrogens is 1380 g/mol. The van der Waals surface area contributed by atoms with E-state index in [0.717, 1.165) is 0 Å². The van der Waals surface area contributed by atoms with Crippen LogP contribution in [0.15, 0.2) is 322 Å². The fourth-order valence-electron chi connectivity index (χ4n) is 20.3. The highest BCUT2D eigenvalue weighted by molar-refractivity contribution is 6.25. The van der Waals surface area contributed by atoms with Gasteiger partial charge < -0.3 is 0 Å². The van der Waals surface area contributed by atoms with Gasteiger partial charge in [-0.25, -0.2) is 0 Å². The third-order valence-electron chi connectivity index (χ3n) is 26.0. The monoisotopic (exact) mass is 1480 g/mol. The molecule has 0 heteroatoms. The van der Waals surface area contributed by atoms with Crippen LogP contribution in [0.2, 0.25) is 0 Å². The Morgan fingerprint density at radius 1 is 0.174 bits per heavy atom. The Labute approximate surface area is 679 Å². The minimum absolute atomic E-state index is 0.00819. The Morgan fingerprint density at radius 3 is 0.730 bits per heavy atom. The molecule has 18 aromatic carbocycles. The van der Waals surface area contributed by atoms with Crippen molar-refractivity contribution in [2.24, 2.45) is 0 Å². The minimum Gasteiger partial charge on any atom is -0.0619 e. The molecule has 3 aliphatic carbocycles. The van der Waals surface area contributed by atoms with E-state index in [0.29, 0.717) is 0 Å². The number of aryl methyl sites for hydroxylation is 6. The summed E-state index contributed by atoms with van der Waals surface area (Å²) in [6.07, 6.45) is 0. The molecule has 0 atom stereocenters. The van der Waals surface area contributed by atoms with Crippen LogP contribution in [-0.4, -0.2) is 0 Å². The van der Waals surface area contributed by atoms with Crippen molar-refractivity contribution in [3.05, 3.63) is 394 Å². The lowest BCUT2D eigenvalue weighted by Crippen LogP contribution is -2.14. The summed E-state index contributed by atoms with van der Waals surface area (Å²) < 4.78 is 0. The summed E-state index contributed by atoms with van der Waals surface area (Å²) in [5.74, 6) is 0. The number of hydrogen-bond acceptors (Lipinski definition) is 0. The first kappa shape index (κ1) is 72.7. The Hall–Kier alpha value is -12.5. The fraction of sp³-hybridized carbons (Fsp3) is 0.165. The maximum atomic E-state index is 2.45. The Balaban J connectivity index is 0.000000115. The normalized spacial score (nSPS) is 13.7. The van der Waals surface area contributed by atoms with E-state index in [1.54, 1.807) is 0 Å². The van der Waals surface area contributed by atoms with Crippen molar-refractivity contribution in [2.45, 2.75) is 126 Å². The van der Waals surface area contributed by atoms with Gasteiger partial charge >= 0.3 is 0 Å². The lowest BCUT2D eigenvalue weighted by molar-refractivity contribution is 0.590. The predicted molar refractivity (Wildman–Crippen MR) is 497 cm³/mol. The van der Waals surface area contributed by atoms with Crippen LogP contribution in [0.25, 0.3) is 165 Å². The van der Waals surface area contributed by atoms with Gasteiger partial charge in [-0.1, -0.05) is 399 Å². The average molecular weight is 1480 g/mol. The molecule has 0 spiro atoms. The van der Waals surface area contributed by atoms with E-state index in [1.165, 1.54) is 237 Å². The first-order valence-corrected chi connectivity index (χ1v) is 41.3. The van der Waals surface area contributed by atoms with Crippen LogP contribution in [0, 0.1) is 41.5 Å². The number of benzene rings is 18. The quantitative estimate of drug-likeness (QED) is 0.146. The van der Waals surface area contributed by atoms with Gasteiger partial charge in [0.25, 0.3) is 0 Å². The van der Waals surface area contributed by atoms with Crippen molar-refractivity contribution in [3.8, 4) is 100 Å². The molecule has 0 nitrogen and oxygen atoms in total. The van der Waals surface area contributed by atoms with Gasteiger partial charge in [-0.3, -0.25) is 0 Å². The minimum atomic E-state index is 0.00819. The van der Waals surface area contributed by atoms with Crippen molar-refractivity contribution >= 4 is 64.6 Å². The van der Waals surface area contributed by atoms with E-state index in [4.69, 9.17) is 0 Å². The third-order valence-corrected chi connectivity index (χ3v) is 26.0. The van der Waals surface area contributed by atoms with E-state index in [1.807, 2.05) is 0 Å². The van der Waals surface area contributed by atoms with Crippen LogP contribution in [0.5, 0.6) is 0 Å². The molecule has 18 aromatic rings. The molecule has 0 aromatic heterocycles. The summed E-state index contributed by atoms with van der Waals surface area (Å²) in [5.41, 5.74) is 41.6. The van der Waals surface area contributed by atoms with Crippen LogP contribution in [0.3, 0.4) is 0 Å². The molecule has 0 saturated heterocycles. The largest absolute Gasteiger partial charge is 0.0619 e. The lowest BCUT2D eigenvalue weighted by atomic mass is 9.81. The average Bonchev–Trinajstić information content (AvgIpc) is 0.880. The van der Waals surface area contributed by atoms with Gasteiger partial charge in [-0.2, -0.15) is 0 Å². The standard InChI is InChI=1S/C40H36.C38H32.C37H30/c1-25-15-21-32-34(23-25)38(27-18-22-36-33(24-27)29-11-9-10-14-35(29)40(36,5)6)31-13-8-7-12-30(31)37(32)26-16-19-28(20-17-26)39(2,3)4;1-23-14-16-31-33(21-23)36(26-15-17-35-32(22-26)28-10-8-9-13-34(28)38(35,4)5)29-11-6-7-12-30(29)37(31)27-19-24(2)18-25(3)20-27;1-23-13-16-25(17-14-23)35-28-10-5-6-11-29(28)36(32-21-24(2)15-19-30(32)35)26-18-20-34-31(22-26)27-9-7-8-12-33(27)37(34,3)4/h7-24H,1-6H3;6-22H,1-5H3;5-22H,1-4H3. The van der Waals surface area contributed by atoms with E-state index in [2.05, 4.69) is 425 Å². The zero-order valence-corrected chi connectivity index (χ0v) is 69.1. The molecule has 115 heavy (non-hydrogen) atoms. The van der Waals surface area contributed by atoms with Crippen molar-refractivity contribution in [1.82, 2.24) is 0 Å². The molecule has 21 rings (SSSR count). The van der Waals surface area contributed by atoms with Gasteiger partial charge in [0, 0.05) is 16.2 Å². The Kier molecular flexibility index (Phi) is 17.3. The lowest BCUT2D eigenvalue weighted by Gasteiger charge is -2.22. The second kappa shape index (κ2) is 27.4. The molecule has 0 fully saturated rings. The molecule has 0 amide bonds. The van der Waals surface area contributed by atoms with Gasteiger partial charge in [0.2, 0.25) is 0 Å². The molecule has 0 aliphatic heterocycles. The van der Waals surface area contributed by atoms with Gasteiger partial charge in [-0.15, -0.1) is 0 Å². The maximum Gasteiger partial charge on any atom is 0.0158 e. The zero-order valence-electron chi connectivity index (χ0n) is 69.1. The van der Waals surface area contributed by atoms with Gasteiger partial charge in [-0.05, 0) is 269 Å². The van der Waals surface area contributed by atoms with Crippen molar-refractivity contribution < 1.29 is 0 Å². The summed E-state index contributed by atoms with van der Waals surface area (Å²) in [6.45, 7) is 34.1. The number of fused-ring (bicyclic) bond motifs is 15. The first-order chi connectivity index (χ1) is 55.4. The second-order valence-corrected chi connectivity index (χ2v) is 35.9. The fourth-order valence-corrected chi connectivity index (χ4v) is 20.3. The summed E-state index contributed by atoms with van der Waals surface area (Å²) in [4.78, 5) is 0. The van der Waals surface area contributed by atoms with Crippen LogP contribution in [0.4, 0.5) is 0 Å². The highest BCUT2D eigenvalue weighted by Crippen LogP contribution is 2.56. The Bertz CT molecular complexity index is 7030. The molecule has 558 valence electrons. The number of hydrogen-bond donors (Lipinski definition) is 0. The highest BCUT2D eigenvalue weighted by Gasteiger charge is 2.39.